The standard InChI is InChI=1S/C16H24N2OS.ClH/c1-16(2,3)20-14-8-6-12(7-9-14)18-15(19)11-13-5-4-10-17-13;/h6-9,13,17H,4-5,10-11H2,1-3H3,(H,18,19);1H. The summed E-state index contributed by atoms with van der Waals surface area (Å²) in [5.74, 6) is 0.0978. The van der Waals surface area contributed by atoms with E-state index in [0.717, 1.165) is 18.7 Å². The molecule has 1 aliphatic heterocycles. The largest absolute Gasteiger partial charge is 0.326 e. The maximum Gasteiger partial charge on any atom is 0.225 e. The van der Waals surface area contributed by atoms with Crippen molar-refractivity contribution in [3.8, 4) is 0 Å². The minimum Gasteiger partial charge on any atom is -0.326 e. The first-order valence-corrected chi connectivity index (χ1v) is 8.06. The molecule has 0 radical (unpaired) electrons. The molecule has 1 aliphatic rings. The van der Waals surface area contributed by atoms with Gasteiger partial charge in [0.15, 0.2) is 0 Å². The first-order chi connectivity index (χ1) is 9.42. The normalized spacial score (nSPS) is 18.1. The molecule has 1 heterocycles. The van der Waals surface area contributed by atoms with Gasteiger partial charge in [-0.15, -0.1) is 24.2 Å². The van der Waals surface area contributed by atoms with Gasteiger partial charge in [0.1, 0.15) is 0 Å². The zero-order valence-electron chi connectivity index (χ0n) is 12.9. The van der Waals surface area contributed by atoms with Gasteiger partial charge in [-0.2, -0.15) is 0 Å². The third kappa shape index (κ3) is 6.72. The summed E-state index contributed by atoms with van der Waals surface area (Å²) in [6.45, 7) is 7.63. The van der Waals surface area contributed by atoms with Crippen molar-refractivity contribution in [1.82, 2.24) is 5.32 Å². The van der Waals surface area contributed by atoms with Gasteiger partial charge in [0, 0.05) is 27.8 Å². The lowest BCUT2D eigenvalue weighted by molar-refractivity contribution is -0.116. The average Bonchev–Trinajstić information content (AvgIpc) is 2.82. The maximum absolute atomic E-state index is 11.9. The third-order valence-corrected chi connectivity index (χ3v) is 4.28. The van der Waals surface area contributed by atoms with E-state index in [1.54, 1.807) is 0 Å². The number of rotatable bonds is 4. The van der Waals surface area contributed by atoms with Gasteiger partial charge in [0.25, 0.3) is 0 Å². The molecular weight excluding hydrogens is 304 g/mol. The van der Waals surface area contributed by atoms with Crippen LogP contribution in [0.5, 0.6) is 0 Å². The van der Waals surface area contributed by atoms with Gasteiger partial charge in [-0.1, -0.05) is 20.8 Å². The van der Waals surface area contributed by atoms with E-state index < -0.39 is 0 Å². The summed E-state index contributed by atoms with van der Waals surface area (Å²) >= 11 is 1.83. The highest BCUT2D eigenvalue weighted by Crippen LogP contribution is 2.32. The van der Waals surface area contributed by atoms with Crippen molar-refractivity contribution < 1.29 is 4.79 Å². The summed E-state index contributed by atoms with van der Waals surface area (Å²) in [7, 11) is 0. The molecule has 1 amide bonds. The number of hydrogen-bond acceptors (Lipinski definition) is 3. The number of carbonyl (C=O) groups excluding carboxylic acids is 1. The Morgan fingerprint density at radius 1 is 1.33 bits per heavy atom. The molecular formula is C16H25ClN2OS. The fourth-order valence-electron chi connectivity index (χ4n) is 2.33. The van der Waals surface area contributed by atoms with E-state index in [1.165, 1.54) is 11.3 Å². The van der Waals surface area contributed by atoms with Gasteiger partial charge >= 0.3 is 0 Å². The van der Waals surface area contributed by atoms with E-state index >= 15 is 0 Å². The van der Waals surface area contributed by atoms with Crippen LogP contribution < -0.4 is 10.6 Å². The zero-order valence-corrected chi connectivity index (χ0v) is 14.6. The van der Waals surface area contributed by atoms with E-state index in [4.69, 9.17) is 0 Å². The molecule has 0 saturated carbocycles. The summed E-state index contributed by atoms with van der Waals surface area (Å²) < 4.78 is 0.207. The molecule has 0 aliphatic carbocycles. The van der Waals surface area contributed by atoms with Crippen LogP contribution in [0.4, 0.5) is 5.69 Å². The summed E-state index contributed by atoms with van der Waals surface area (Å²) in [4.78, 5) is 13.2. The number of nitrogens with one attached hydrogen (secondary N) is 2. The average molecular weight is 329 g/mol. The number of amides is 1. The van der Waals surface area contributed by atoms with Crippen molar-refractivity contribution in [2.24, 2.45) is 0 Å². The molecule has 5 heteroatoms. The SMILES string of the molecule is CC(C)(C)Sc1ccc(NC(=O)CC2CCCN2)cc1.Cl. The molecule has 0 spiro atoms. The van der Waals surface area contributed by atoms with Crippen molar-refractivity contribution in [3.05, 3.63) is 24.3 Å². The summed E-state index contributed by atoms with van der Waals surface area (Å²) in [6.07, 6.45) is 2.85. The number of carbonyl (C=O) groups is 1. The smallest absolute Gasteiger partial charge is 0.225 e. The molecule has 1 atom stereocenters. The van der Waals surface area contributed by atoms with Crippen LogP contribution in [0.1, 0.15) is 40.0 Å². The second kappa shape index (κ2) is 8.06. The Labute approximate surface area is 138 Å². The lowest BCUT2D eigenvalue weighted by Gasteiger charge is -2.17. The minimum absolute atomic E-state index is 0. The van der Waals surface area contributed by atoms with Crippen LogP contribution in [0.3, 0.4) is 0 Å². The lowest BCUT2D eigenvalue weighted by atomic mass is 10.1. The Bertz CT molecular complexity index is 450. The Morgan fingerprint density at radius 3 is 2.52 bits per heavy atom. The Balaban J connectivity index is 0.00000220. The van der Waals surface area contributed by atoms with Crippen LogP contribution in [0.25, 0.3) is 0 Å². The van der Waals surface area contributed by atoms with Crippen molar-refractivity contribution in [2.75, 3.05) is 11.9 Å². The van der Waals surface area contributed by atoms with Gasteiger partial charge in [-0.05, 0) is 43.7 Å². The molecule has 1 saturated heterocycles. The molecule has 0 aromatic heterocycles. The first kappa shape index (κ1) is 18.3. The molecule has 2 rings (SSSR count). The van der Waals surface area contributed by atoms with Crippen LogP contribution in [0.15, 0.2) is 29.2 Å². The van der Waals surface area contributed by atoms with Crippen LogP contribution >= 0.6 is 24.2 Å². The Hall–Kier alpha value is -0.710. The van der Waals surface area contributed by atoms with Crippen molar-refractivity contribution in [2.45, 2.75) is 55.7 Å². The molecule has 1 aromatic carbocycles. The van der Waals surface area contributed by atoms with E-state index in [-0.39, 0.29) is 23.1 Å². The molecule has 1 aromatic rings. The summed E-state index contributed by atoms with van der Waals surface area (Å²) in [5.41, 5.74) is 0.881. The predicted octanol–water partition coefficient (Wildman–Crippen LogP) is 4.08. The van der Waals surface area contributed by atoms with Gasteiger partial charge in [-0.3, -0.25) is 4.79 Å². The molecule has 118 valence electrons. The second-order valence-electron chi connectivity index (χ2n) is 6.28. The second-order valence-corrected chi connectivity index (χ2v) is 8.18. The van der Waals surface area contributed by atoms with E-state index in [2.05, 4.69) is 43.5 Å². The van der Waals surface area contributed by atoms with Crippen LogP contribution in [-0.4, -0.2) is 23.2 Å². The van der Waals surface area contributed by atoms with Crippen molar-refractivity contribution >= 4 is 35.8 Å². The molecule has 1 fully saturated rings. The van der Waals surface area contributed by atoms with Gasteiger partial charge in [0.05, 0.1) is 0 Å². The number of anilines is 1. The van der Waals surface area contributed by atoms with Crippen molar-refractivity contribution in [1.29, 1.82) is 0 Å². The van der Waals surface area contributed by atoms with Crippen LogP contribution in [0, 0.1) is 0 Å². The molecule has 0 bridgehead atoms. The summed E-state index contributed by atoms with van der Waals surface area (Å²) in [5, 5.41) is 6.31. The topological polar surface area (TPSA) is 41.1 Å². The number of hydrogen-bond donors (Lipinski definition) is 2. The van der Waals surface area contributed by atoms with E-state index in [1.807, 2.05) is 23.9 Å². The maximum atomic E-state index is 11.9. The van der Waals surface area contributed by atoms with Gasteiger partial charge in [0.2, 0.25) is 5.91 Å². The fraction of sp³-hybridized carbons (Fsp3) is 0.562. The van der Waals surface area contributed by atoms with E-state index in [9.17, 15) is 4.79 Å². The van der Waals surface area contributed by atoms with Crippen LogP contribution in [-0.2, 0) is 4.79 Å². The molecule has 3 nitrogen and oxygen atoms in total. The highest BCUT2D eigenvalue weighted by molar-refractivity contribution is 8.00. The molecule has 21 heavy (non-hydrogen) atoms. The number of thioether (sulfide) groups is 1. The quantitative estimate of drug-likeness (QED) is 0.818. The van der Waals surface area contributed by atoms with Crippen molar-refractivity contribution in [3.63, 3.8) is 0 Å². The highest BCUT2D eigenvalue weighted by atomic mass is 35.5. The minimum atomic E-state index is 0. The fourth-order valence-corrected chi connectivity index (χ4v) is 3.31. The predicted molar refractivity (Wildman–Crippen MR) is 93.6 cm³/mol. The summed E-state index contributed by atoms with van der Waals surface area (Å²) in [6, 6.07) is 8.45. The highest BCUT2D eigenvalue weighted by Gasteiger charge is 2.17. The Morgan fingerprint density at radius 2 is 2.00 bits per heavy atom. The number of benzene rings is 1. The molecule has 2 N–H and O–H groups in total. The first-order valence-electron chi connectivity index (χ1n) is 7.25. The van der Waals surface area contributed by atoms with Crippen LogP contribution in [0.2, 0.25) is 0 Å². The monoisotopic (exact) mass is 328 g/mol. The number of halogens is 1. The van der Waals surface area contributed by atoms with Gasteiger partial charge < -0.3 is 10.6 Å². The van der Waals surface area contributed by atoms with Gasteiger partial charge in [-0.25, -0.2) is 0 Å². The molecule has 1 unspecified atom stereocenters. The van der Waals surface area contributed by atoms with E-state index in [0.29, 0.717) is 12.5 Å². The third-order valence-electron chi connectivity index (χ3n) is 3.16. The zero-order chi connectivity index (χ0) is 14.6. The Kier molecular flexibility index (Phi) is 7.04. The lowest BCUT2D eigenvalue weighted by Crippen LogP contribution is -2.27.